The summed E-state index contributed by atoms with van der Waals surface area (Å²) in [5, 5.41) is 0. The van der Waals surface area contributed by atoms with E-state index < -0.39 is 0 Å². The first kappa shape index (κ1) is 12.2. The number of hydrogen-bond donors (Lipinski definition) is 1. The van der Waals surface area contributed by atoms with Crippen molar-refractivity contribution < 1.29 is 4.39 Å². The molecule has 0 radical (unpaired) electrons. The Morgan fingerprint density at radius 2 is 2.00 bits per heavy atom. The molecule has 0 atom stereocenters. The smallest absolute Gasteiger partial charge is 0.205 e. The van der Waals surface area contributed by atoms with Crippen LogP contribution in [0.1, 0.15) is 5.56 Å². The van der Waals surface area contributed by atoms with E-state index in [0.717, 1.165) is 21.2 Å². The Morgan fingerprint density at radius 1 is 1.21 bits per heavy atom. The Morgan fingerprint density at radius 3 is 2.74 bits per heavy atom. The molecule has 0 amide bonds. The predicted octanol–water partition coefficient (Wildman–Crippen LogP) is 3.82. The summed E-state index contributed by atoms with van der Waals surface area (Å²) in [6, 6.07) is 10.6. The Kier molecular flexibility index (Phi) is 2.78. The van der Waals surface area contributed by atoms with E-state index in [1.54, 1.807) is 19.1 Å². The summed E-state index contributed by atoms with van der Waals surface area (Å²) in [6.45, 7) is 1.73. The lowest BCUT2D eigenvalue weighted by Gasteiger charge is -2.08. The summed E-state index contributed by atoms with van der Waals surface area (Å²) < 4.78 is 16.1. The number of nitrogens with zero attached hydrogens (tertiary/aromatic N) is 2. The van der Waals surface area contributed by atoms with Crippen LogP contribution in [-0.4, -0.2) is 9.55 Å². The number of benzene rings is 2. The van der Waals surface area contributed by atoms with Crippen LogP contribution in [0.15, 0.2) is 40.9 Å². The highest BCUT2D eigenvalue weighted by molar-refractivity contribution is 9.10. The van der Waals surface area contributed by atoms with Crippen LogP contribution in [0.2, 0.25) is 0 Å². The Labute approximate surface area is 118 Å². The standard InChI is InChI=1S/C14H11BrFN3/c1-8-6-10(3-4-11(8)16)19-13-7-9(15)2-5-12(13)18-14(19)17/h2-7H,1H3,(H2,17,18). The van der Waals surface area contributed by atoms with E-state index in [4.69, 9.17) is 5.73 Å². The van der Waals surface area contributed by atoms with Crippen molar-refractivity contribution in [2.45, 2.75) is 6.92 Å². The first-order chi connectivity index (χ1) is 9.06. The highest BCUT2D eigenvalue weighted by Crippen LogP contribution is 2.26. The maximum Gasteiger partial charge on any atom is 0.205 e. The molecule has 0 aliphatic heterocycles. The molecule has 5 heteroatoms. The van der Waals surface area contributed by atoms with Crippen LogP contribution in [0.5, 0.6) is 0 Å². The Bertz CT molecular complexity index is 780. The second-order valence-electron chi connectivity index (χ2n) is 4.37. The molecule has 3 nitrogen and oxygen atoms in total. The number of nitrogen functional groups attached to an aromatic ring is 1. The van der Waals surface area contributed by atoms with Gasteiger partial charge in [0.05, 0.1) is 11.0 Å². The van der Waals surface area contributed by atoms with E-state index in [1.807, 2.05) is 22.8 Å². The number of aromatic nitrogens is 2. The number of aryl methyl sites for hydroxylation is 1. The largest absolute Gasteiger partial charge is 0.369 e. The number of halogens is 2. The van der Waals surface area contributed by atoms with Crippen LogP contribution in [0.3, 0.4) is 0 Å². The third-order valence-electron chi connectivity index (χ3n) is 3.04. The highest BCUT2D eigenvalue weighted by Gasteiger charge is 2.11. The van der Waals surface area contributed by atoms with Crippen molar-refractivity contribution in [1.82, 2.24) is 9.55 Å². The fourth-order valence-electron chi connectivity index (χ4n) is 2.11. The van der Waals surface area contributed by atoms with Gasteiger partial charge in [0.1, 0.15) is 5.82 Å². The number of nitrogens with two attached hydrogens (primary N) is 1. The molecule has 0 saturated carbocycles. The van der Waals surface area contributed by atoms with Gasteiger partial charge in [0, 0.05) is 10.2 Å². The van der Waals surface area contributed by atoms with E-state index in [2.05, 4.69) is 20.9 Å². The van der Waals surface area contributed by atoms with E-state index in [0.29, 0.717) is 11.5 Å². The Hall–Kier alpha value is -1.88. The average molecular weight is 320 g/mol. The van der Waals surface area contributed by atoms with Crippen LogP contribution in [0.25, 0.3) is 16.7 Å². The van der Waals surface area contributed by atoms with Gasteiger partial charge >= 0.3 is 0 Å². The van der Waals surface area contributed by atoms with Gasteiger partial charge in [0.2, 0.25) is 5.95 Å². The molecule has 0 spiro atoms. The van der Waals surface area contributed by atoms with Gasteiger partial charge in [0.25, 0.3) is 0 Å². The highest BCUT2D eigenvalue weighted by atomic mass is 79.9. The van der Waals surface area contributed by atoms with E-state index in [-0.39, 0.29) is 5.82 Å². The van der Waals surface area contributed by atoms with Crippen molar-refractivity contribution in [2.75, 3.05) is 5.73 Å². The lowest BCUT2D eigenvalue weighted by atomic mass is 10.2. The van der Waals surface area contributed by atoms with Crippen molar-refractivity contribution in [3.63, 3.8) is 0 Å². The summed E-state index contributed by atoms with van der Waals surface area (Å²) in [4.78, 5) is 4.31. The lowest BCUT2D eigenvalue weighted by Crippen LogP contribution is -2.01. The molecular weight excluding hydrogens is 309 g/mol. The molecular formula is C14H11BrFN3. The molecule has 3 aromatic rings. The van der Waals surface area contributed by atoms with Crippen molar-refractivity contribution in [1.29, 1.82) is 0 Å². The molecule has 0 unspecified atom stereocenters. The predicted molar refractivity (Wildman–Crippen MR) is 77.9 cm³/mol. The van der Waals surface area contributed by atoms with Crippen LogP contribution in [-0.2, 0) is 0 Å². The van der Waals surface area contributed by atoms with E-state index in [9.17, 15) is 4.39 Å². The Balaban J connectivity index is 2.31. The van der Waals surface area contributed by atoms with E-state index >= 15 is 0 Å². The zero-order valence-electron chi connectivity index (χ0n) is 10.2. The molecule has 0 aliphatic carbocycles. The van der Waals surface area contributed by atoms with Gasteiger partial charge in [-0.2, -0.15) is 0 Å². The van der Waals surface area contributed by atoms with Crippen molar-refractivity contribution in [2.24, 2.45) is 0 Å². The van der Waals surface area contributed by atoms with Gasteiger partial charge in [-0.05, 0) is 48.9 Å². The summed E-state index contributed by atoms with van der Waals surface area (Å²) in [6.07, 6.45) is 0. The second kappa shape index (κ2) is 4.35. The summed E-state index contributed by atoms with van der Waals surface area (Å²) in [7, 11) is 0. The van der Waals surface area contributed by atoms with Crippen molar-refractivity contribution in [3.8, 4) is 5.69 Å². The maximum atomic E-state index is 13.4. The third-order valence-corrected chi connectivity index (χ3v) is 3.54. The van der Waals surface area contributed by atoms with Crippen LogP contribution >= 0.6 is 15.9 Å². The fraction of sp³-hybridized carbons (Fsp3) is 0.0714. The molecule has 0 fully saturated rings. The average Bonchev–Trinajstić information content (AvgIpc) is 2.68. The zero-order chi connectivity index (χ0) is 13.6. The topological polar surface area (TPSA) is 43.8 Å². The number of anilines is 1. The normalized spacial score (nSPS) is 11.1. The number of imidazole rings is 1. The molecule has 2 N–H and O–H groups in total. The monoisotopic (exact) mass is 319 g/mol. The molecule has 96 valence electrons. The first-order valence-electron chi connectivity index (χ1n) is 5.76. The van der Waals surface area contributed by atoms with Gasteiger partial charge < -0.3 is 5.73 Å². The molecule has 1 heterocycles. The number of hydrogen-bond acceptors (Lipinski definition) is 2. The molecule has 1 aromatic heterocycles. The van der Waals surface area contributed by atoms with Crippen LogP contribution in [0.4, 0.5) is 10.3 Å². The van der Waals surface area contributed by atoms with Gasteiger partial charge in [-0.1, -0.05) is 15.9 Å². The lowest BCUT2D eigenvalue weighted by molar-refractivity contribution is 0.618. The number of rotatable bonds is 1. The fourth-order valence-corrected chi connectivity index (χ4v) is 2.46. The molecule has 0 saturated heterocycles. The first-order valence-corrected chi connectivity index (χ1v) is 6.55. The van der Waals surface area contributed by atoms with Crippen molar-refractivity contribution in [3.05, 3.63) is 52.3 Å². The second-order valence-corrected chi connectivity index (χ2v) is 5.29. The van der Waals surface area contributed by atoms with Gasteiger partial charge in [-0.15, -0.1) is 0 Å². The zero-order valence-corrected chi connectivity index (χ0v) is 11.8. The summed E-state index contributed by atoms with van der Waals surface area (Å²) >= 11 is 3.43. The number of fused-ring (bicyclic) bond motifs is 1. The molecule has 19 heavy (non-hydrogen) atoms. The van der Waals surface area contributed by atoms with Gasteiger partial charge in [-0.25, -0.2) is 9.37 Å². The van der Waals surface area contributed by atoms with Crippen molar-refractivity contribution >= 4 is 32.9 Å². The third kappa shape index (κ3) is 2.00. The summed E-state index contributed by atoms with van der Waals surface area (Å²) in [5.74, 6) is 0.159. The summed E-state index contributed by atoms with van der Waals surface area (Å²) in [5.41, 5.74) is 9.04. The minimum absolute atomic E-state index is 0.229. The molecule has 0 aliphatic rings. The van der Waals surface area contributed by atoms with Crippen LogP contribution in [0, 0.1) is 12.7 Å². The minimum atomic E-state index is -0.229. The molecule has 0 bridgehead atoms. The molecule has 3 rings (SSSR count). The SMILES string of the molecule is Cc1cc(-n2c(N)nc3ccc(Br)cc32)ccc1F. The van der Waals surface area contributed by atoms with E-state index in [1.165, 1.54) is 6.07 Å². The quantitative estimate of drug-likeness (QED) is 0.741. The maximum absolute atomic E-state index is 13.4. The van der Waals surface area contributed by atoms with Gasteiger partial charge in [0.15, 0.2) is 0 Å². The van der Waals surface area contributed by atoms with Gasteiger partial charge in [-0.3, -0.25) is 4.57 Å². The minimum Gasteiger partial charge on any atom is -0.369 e. The molecule has 2 aromatic carbocycles. The van der Waals surface area contributed by atoms with Crippen LogP contribution < -0.4 is 5.73 Å².